The summed E-state index contributed by atoms with van der Waals surface area (Å²) >= 11 is 0. The molecular formula is C12H10N4. The highest BCUT2D eigenvalue weighted by atomic mass is 15.2. The Hall–Kier alpha value is -2.36. The number of rotatable bonds is 3. The molecule has 78 valence electrons. The van der Waals surface area contributed by atoms with Crippen molar-refractivity contribution < 1.29 is 0 Å². The maximum Gasteiger partial charge on any atom is 0.0583 e. The first kappa shape index (κ1) is 10.2. The topological polar surface area (TPSA) is 50.5 Å². The molecule has 16 heavy (non-hydrogen) atoms. The van der Waals surface area contributed by atoms with Gasteiger partial charge in [-0.15, -0.1) is 0 Å². The van der Waals surface area contributed by atoms with Crippen LogP contribution in [-0.2, 0) is 0 Å². The summed E-state index contributed by atoms with van der Waals surface area (Å²) < 4.78 is 0. The van der Waals surface area contributed by atoms with Crippen molar-refractivity contribution in [2.45, 2.75) is 0 Å². The lowest BCUT2D eigenvalue weighted by Gasteiger charge is -1.88. The summed E-state index contributed by atoms with van der Waals surface area (Å²) in [4.78, 5) is 7.94. The molecule has 2 heterocycles. The first-order chi connectivity index (χ1) is 7.95. The van der Waals surface area contributed by atoms with Gasteiger partial charge in [0.2, 0.25) is 0 Å². The van der Waals surface area contributed by atoms with Gasteiger partial charge in [-0.25, -0.2) is 0 Å². The second-order valence-corrected chi connectivity index (χ2v) is 3.06. The van der Waals surface area contributed by atoms with Gasteiger partial charge in [-0.3, -0.25) is 9.97 Å². The molecule has 0 amide bonds. The molecule has 2 aromatic heterocycles. The lowest BCUT2D eigenvalue weighted by Crippen LogP contribution is -1.82. The predicted molar refractivity (Wildman–Crippen MR) is 63.7 cm³/mol. The molecule has 0 N–H and O–H groups in total. The van der Waals surface area contributed by atoms with Gasteiger partial charge in [0.05, 0.1) is 12.4 Å². The SMILES string of the molecule is C(=NN=Cc1cccnc1)c1cccnc1. The van der Waals surface area contributed by atoms with Crippen molar-refractivity contribution in [1.29, 1.82) is 0 Å². The number of hydrogen-bond acceptors (Lipinski definition) is 4. The molecule has 0 fully saturated rings. The van der Waals surface area contributed by atoms with Crippen LogP contribution in [0.4, 0.5) is 0 Å². The summed E-state index contributed by atoms with van der Waals surface area (Å²) in [6.45, 7) is 0. The van der Waals surface area contributed by atoms with Gasteiger partial charge in [0.1, 0.15) is 0 Å². The molecular weight excluding hydrogens is 200 g/mol. The molecule has 0 aliphatic rings. The first-order valence-electron chi connectivity index (χ1n) is 4.81. The summed E-state index contributed by atoms with van der Waals surface area (Å²) in [5, 5.41) is 7.83. The van der Waals surface area contributed by atoms with Crippen molar-refractivity contribution in [1.82, 2.24) is 9.97 Å². The fourth-order valence-corrected chi connectivity index (χ4v) is 1.10. The Morgan fingerprint density at radius 1 is 0.812 bits per heavy atom. The van der Waals surface area contributed by atoms with Gasteiger partial charge in [0, 0.05) is 35.9 Å². The molecule has 0 aliphatic heterocycles. The third-order valence-corrected chi connectivity index (χ3v) is 1.85. The van der Waals surface area contributed by atoms with Crippen LogP contribution in [0, 0.1) is 0 Å². The van der Waals surface area contributed by atoms with Gasteiger partial charge in [0.25, 0.3) is 0 Å². The largest absolute Gasteiger partial charge is 0.264 e. The van der Waals surface area contributed by atoms with E-state index in [1.54, 1.807) is 37.2 Å². The fraction of sp³-hybridized carbons (Fsp3) is 0. The van der Waals surface area contributed by atoms with Gasteiger partial charge >= 0.3 is 0 Å². The lowest BCUT2D eigenvalue weighted by atomic mass is 10.3. The van der Waals surface area contributed by atoms with Gasteiger partial charge in [-0.05, 0) is 12.1 Å². The zero-order chi connectivity index (χ0) is 11.1. The third kappa shape index (κ3) is 3.09. The number of nitrogens with zero attached hydrogens (tertiary/aromatic N) is 4. The van der Waals surface area contributed by atoms with E-state index >= 15 is 0 Å². The second kappa shape index (κ2) is 5.50. The molecule has 0 atom stereocenters. The van der Waals surface area contributed by atoms with Crippen molar-refractivity contribution in [3.05, 3.63) is 60.2 Å². The maximum atomic E-state index is 3.97. The fourth-order valence-electron chi connectivity index (χ4n) is 1.10. The highest BCUT2D eigenvalue weighted by molar-refractivity contribution is 5.82. The Labute approximate surface area is 93.4 Å². The second-order valence-electron chi connectivity index (χ2n) is 3.06. The van der Waals surface area contributed by atoms with E-state index in [1.807, 2.05) is 24.3 Å². The Kier molecular flexibility index (Phi) is 3.50. The Bertz CT molecular complexity index is 429. The molecule has 0 saturated carbocycles. The maximum absolute atomic E-state index is 3.97. The highest BCUT2D eigenvalue weighted by Crippen LogP contribution is 1.92. The van der Waals surface area contributed by atoms with E-state index in [0.717, 1.165) is 11.1 Å². The first-order valence-corrected chi connectivity index (χ1v) is 4.81. The summed E-state index contributed by atoms with van der Waals surface area (Å²) in [6.07, 6.45) is 10.2. The van der Waals surface area contributed by atoms with E-state index in [9.17, 15) is 0 Å². The van der Waals surface area contributed by atoms with Crippen LogP contribution in [0.1, 0.15) is 11.1 Å². The number of pyridine rings is 2. The van der Waals surface area contributed by atoms with Crippen molar-refractivity contribution in [3.8, 4) is 0 Å². The van der Waals surface area contributed by atoms with Crippen LogP contribution in [0.2, 0.25) is 0 Å². The molecule has 0 bridgehead atoms. The number of hydrogen-bond donors (Lipinski definition) is 0. The average molecular weight is 210 g/mol. The molecule has 4 nitrogen and oxygen atoms in total. The quantitative estimate of drug-likeness (QED) is 0.574. The van der Waals surface area contributed by atoms with Crippen molar-refractivity contribution in [3.63, 3.8) is 0 Å². The molecule has 0 aromatic carbocycles. The van der Waals surface area contributed by atoms with Crippen LogP contribution < -0.4 is 0 Å². The van der Waals surface area contributed by atoms with Crippen LogP contribution in [-0.4, -0.2) is 22.4 Å². The number of aromatic nitrogens is 2. The zero-order valence-corrected chi connectivity index (χ0v) is 8.56. The van der Waals surface area contributed by atoms with E-state index in [2.05, 4.69) is 20.2 Å². The lowest BCUT2D eigenvalue weighted by molar-refractivity contribution is 1.25. The van der Waals surface area contributed by atoms with Gasteiger partial charge in [-0.2, -0.15) is 10.2 Å². The van der Waals surface area contributed by atoms with Gasteiger partial charge in [-0.1, -0.05) is 12.1 Å². The summed E-state index contributed by atoms with van der Waals surface area (Å²) in [7, 11) is 0. The van der Waals surface area contributed by atoms with Crippen molar-refractivity contribution >= 4 is 12.4 Å². The van der Waals surface area contributed by atoms with Crippen molar-refractivity contribution in [2.24, 2.45) is 10.2 Å². The Morgan fingerprint density at radius 3 is 1.69 bits per heavy atom. The monoisotopic (exact) mass is 210 g/mol. The minimum absolute atomic E-state index is 0.922. The van der Waals surface area contributed by atoms with Gasteiger partial charge in [0.15, 0.2) is 0 Å². The normalized spacial score (nSPS) is 11.2. The van der Waals surface area contributed by atoms with Gasteiger partial charge < -0.3 is 0 Å². The van der Waals surface area contributed by atoms with Crippen molar-refractivity contribution in [2.75, 3.05) is 0 Å². The van der Waals surface area contributed by atoms with Crippen LogP contribution in [0.5, 0.6) is 0 Å². The van der Waals surface area contributed by atoms with E-state index in [1.165, 1.54) is 0 Å². The molecule has 0 aliphatic carbocycles. The predicted octanol–water partition coefficient (Wildman–Crippen LogP) is 1.93. The highest BCUT2D eigenvalue weighted by Gasteiger charge is 1.84. The minimum atomic E-state index is 0.922. The minimum Gasteiger partial charge on any atom is -0.264 e. The summed E-state index contributed by atoms with van der Waals surface area (Å²) in [5.74, 6) is 0. The summed E-state index contributed by atoms with van der Waals surface area (Å²) in [6, 6.07) is 7.53. The Balaban J connectivity index is 1.98. The van der Waals surface area contributed by atoms with E-state index < -0.39 is 0 Å². The van der Waals surface area contributed by atoms with E-state index in [4.69, 9.17) is 0 Å². The van der Waals surface area contributed by atoms with E-state index in [0.29, 0.717) is 0 Å². The Morgan fingerprint density at radius 2 is 1.31 bits per heavy atom. The van der Waals surface area contributed by atoms with E-state index in [-0.39, 0.29) is 0 Å². The molecule has 2 aromatic rings. The molecule has 0 spiro atoms. The molecule has 4 heteroatoms. The molecule has 2 rings (SSSR count). The summed E-state index contributed by atoms with van der Waals surface area (Å²) in [5.41, 5.74) is 1.84. The third-order valence-electron chi connectivity index (χ3n) is 1.85. The molecule has 0 unspecified atom stereocenters. The molecule has 0 saturated heterocycles. The zero-order valence-electron chi connectivity index (χ0n) is 8.56. The molecule has 0 radical (unpaired) electrons. The standard InChI is InChI=1S/C12H10N4/c1-3-11(7-13-5-1)9-15-16-10-12-4-2-6-14-8-12/h1-10H. The van der Waals surface area contributed by atoms with Crippen LogP contribution >= 0.6 is 0 Å². The van der Waals surface area contributed by atoms with Crippen LogP contribution in [0.25, 0.3) is 0 Å². The average Bonchev–Trinajstić information content (AvgIpc) is 2.37. The van der Waals surface area contributed by atoms with Crippen LogP contribution in [0.3, 0.4) is 0 Å². The van der Waals surface area contributed by atoms with Crippen LogP contribution in [0.15, 0.2) is 59.3 Å². The smallest absolute Gasteiger partial charge is 0.0583 e.